The van der Waals surface area contributed by atoms with Gasteiger partial charge < -0.3 is 15.4 Å². The molecular formula is C23H31IN4O3. The molecule has 1 heterocycles. The van der Waals surface area contributed by atoms with Crippen LogP contribution >= 0.6 is 24.0 Å². The lowest BCUT2D eigenvalue weighted by molar-refractivity contribution is -0.140. The number of halogens is 1. The largest absolute Gasteiger partial charge is 0.492 e. The highest BCUT2D eigenvalue weighted by Gasteiger charge is 2.58. The van der Waals surface area contributed by atoms with Crippen LogP contribution in [0.3, 0.4) is 0 Å². The second kappa shape index (κ2) is 10.5. The number of benzene rings is 1. The van der Waals surface area contributed by atoms with Gasteiger partial charge in [0.25, 0.3) is 0 Å². The number of rotatable bonds is 8. The van der Waals surface area contributed by atoms with E-state index >= 15 is 0 Å². The number of aryl methyl sites for hydroxylation is 1. The van der Waals surface area contributed by atoms with Crippen LogP contribution in [-0.2, 0) is 9.59 Å². The summed E-state index contributed by atoms with van der Waals surface area (Å²) >= 11 is 0. The number of nitrogens with zero attached hydrogens (tertiary/aromatic N) is 2. The number of aliphatic imine (C=N–C) groups is 1. The minimum atomic E-state index is -0.137. The van der Waals surface area contributed by atoms with Crippen molar-refractivity contribution < 1.29 is 14.3 Å². The van der Waals surface area contributed by atoms with E-state index in [4.69, 9.17) is 4.74 Å². The summed E-state index contributed by atoms with van der Waals surface area (Å²) in [6.07, 6.45) is 5.19. The van der Waals surface area contributed by atoms with E-state index in [0.717, 1.165) is 18.7 Å². The molecule has 2 fully saturated rings. The van der Waals surface area contributed by atoms with Gasteiger partial charge in [-0.3, -0.25) is 19.5 Å². The van der Waals surface area contributed by atoms with E-state index in [9.17, 15) is 9.59 Å². The third-order valence-corrected chi connectivity index (χ3v) is 6.18. The van der Waals surface area contributed by atoms with E-state index in [1.165, 1.54) is 10.5 Å². The normalized spacial score (nSPS) is 26.1. The smallest absolute Gasteiger partial charge is 0.233 e. The molecule has 8 heteroatoms. The Balaban J connectivity index is 0.00000272. The van der Waals surface area contributed by atoms with Crippen molar-refractivity contribution in [3.8, 4) is 5.75 Å². The topological polar surface area (TPSA) is 83.0 Å². The summed E-state index contributed by atoms with van der Waals surface area (Å²) < 4.78 is 5.72. The van der Waals surface area contributed by atoms with Crippen LogP contribution in [0.25, 0.3) is 0 Å². The lowest BCUT2D eigenvalue weighted by Gasteiger charge is -2.17. The number of guanidine groups is 1. The zero-order valence-corrected chi connectivity index (χ0v) is 20.4. The van der Waals surface area contributed by atoms with Gasteiger partial charge in [-0.15, -0.1) is 24.0 Å². The fraction of sp³-hybridized carbons (Fsp3) is 0.522. The van der Waals surface area contributed by atoms with Gasteiger partial charge in [0.15, 0.2) is 5.96 Å². The minimum absolute atomic E-state index is 0. The van der Waals surface area contributed by atoms with Gasteiger partial charge in [-0.1, -0.05) is 29.8 Å². The van der Waals surface area contributed by atoms with Crippen molar-refractivity contribution in [2.75, 3.05) is 32.8 Å². The lowest BCUT2D eigenvalue weighted by Crippen LogP contribution is -2.40. The van der Waals surface area contributed by atoms with Crippen LogP contribution in [0, 0.1) is 30.6 Å². The van der Waals surface area contributed by atoms with Crippen molar-refractivity contribution in [2.24, 2.45) is 28.7 Å². The van der Waals surface area contributed by atoms with Gasteiger partial charge in [-0.05, 0) is 44.2 Å². The van der Waals surface area contributed by atoms with Crippen LogP contribution in [0.5, 0.6) is 5.75 Å². The Morgan fingerprint density at radius 1 is 1.10 bits per heavy atom. The molecule has 1 saturated carbocycles. The molecule has 3 aliphatic rings. The fourth-order valence-corrected chi connectivity index (χ4v) is 4.76. The fourth-order valence-electron chi connectivity index (χ4n) is 4.76. The number of imide groups is 1. The van der Waals surface area contributed by atoms with Crippen molar-refractivity contribution >= 4 is 41.8 Å². The van der Waals surface area contributed by atoms with Crippen molar-refractivity contribution in [3.63, 3.8) is 0 Å². The van der Waals surface area contributed by atoms with Crippen LogP contribution in [0.1, 0.15) is 18.9 Å². The van der Waals surface area contributed by atoms with Gasteiger partial charge in [-0.2, -0.15) is 0 Å². The van der Waals surface area contributed by atoms with Crippen LogP contribution in [-0.4, -0.2) is 55.5 Å². The molecule has 1 aromatic carbocycles. The number of carbonyl (C=O) groups excluding carboxylic acids is 2. The quantitative estimate of drug-likeness (QED) is 0.133. The Labute approximate surface area is 200 Å². The molecule has 2 bridgehead atoms. The first kappa shape index (κ1) is 23.6. The number of hydrogen-bond acceptors (Lipinski definition) is 4. The number of allylic oxidation sites excluding steroid dienone is 2. The number of fused-ring (bicyclic) bond motifs is 5. The van der Waals surface area contributed by atoms with E-state index < -0.39 is 0 Å². The second-order valence-electron chi connectivity index (χ2n) is 8.18. The Kier molecular flexibility index (Phi) is 7.96. The SMILES string of the molecule is CCNC(=NCCN1C(=O)C2C3C=CC(C3)C2C1=O)NCCOc1ccc(C)cc1.I. The van der Waals surface area contributed by atoms with Crippen molar-refractivity contribution in [2.45, 2.75) is 20.3 Å². The summed E-state index contributed by atoms with van der Waals surface area (Å²) in [7, 11) is 0. The van der Waals surface area contributed by atoms with E-state index in [0.29, 0.717) is 32.2 Å². The maximum Gasteiger partial charge on any atom is 0.233 e. The van der Waals surface area contributed by atoms with Gasteiger partial charge >= 0.3 is 0 Å². The zero-order chi connectivity index (χ0) is 21.1. The number of hydrogen-bond donors (Lipinski definition) is 2. The maximum atomic E-state index is 12.7. The van der Waals surface area contributed by atoms with Gasteiger partial charge in [0, 0.05) is 13.1 Å². The summed E-state index contributed by atoms with van der Waals surface area (Å²) in [5, 5.41) is 6.42. The molecule has 0 spiro atoms. The monoisotopic (exact) mass is 538 g/mol. The molecular weight excluding hydrogens is 507 g/mol. The minimum Gasteiger partial charge on any atom is -0.492 e. The standard InChI is InChI=1S/C23H30N4O3.HI/c1-3-24-23(26-11-13-30-18-8-4-15(2)5-9-18)25-10-12-27-21(28)19-16-6-7-17(14-16)20(19)22(27)29;/h4-9,16-17,19-20H,3,10-14H2,1-2H3,(H2,24,25,26);1H. The predicted molar refractivity (Wildman–Crippen MR) is 131 cm³/mol. The van der Waals surface area contributed by atoms with Gasteiger partial charge in [0.1, 0.15) is 12.4 Å². The average Bonchev–Trinajstić information content (AvgIpc) is 3.42. The highest BCUT2D eigenvalue weighted by atomic mass is 127. The van der Waals surface area contributed by atoms with Gasteiger partial charge in [-0.25, -0.2) is 0 Å². The van der Waals surface area contributed by atoms with Crippen molar-refractivity contribution in [1.82, 2.24) is 15.5 Å². The molecule has 7 nitrogen and oxygen atoms in total. The van der Waals surface area contributed by atoms with E-state index in [1.54, 1.807) is 0 Å². The summed E-state index contributed by atoms with van der Waals surface area (Å²) in [6.45, 7) is 6.59. The first-order chi connectivity index (χ1) is 14.6. The second-order valence-corrected chi connectivity index (χ2v) is 8.18. The molecule has 168 valence electrons. The highest BCUT2D eigenvalue weighted by Crippen LogP contribution is 2.52. The molecule has 31 heavy (non-hydrogen) atoms. The third kappa shape index (κ3) is 5.05. The molecule has 0 radical (unpaired) electrons. The van der Waals surface area contributed by atoms with Gasteiger partial charge in [0.05, 0.1) is 24.9 Å². The van der Waals surface area contributed by atoms with Gasteiger partial charge in [0.2, 0.25) is 11.8 Å². The molecule has 4 atom stereocenters. The molecule has 2 N–H and O–H groups in total. The molecule has 2 amide bonds. The summed E-state index contributed by atoms with van der Waals surface area (Å²) in [5.74, 6) is 1.69. The highest BCUT2D eigenvalue weighted by molar-refractivity contribution is 14.0. The first-order valence-electron chi connectivity index (χ1n) is 10.8. The van der Waals surface area contributed by atoms with E-state index in [2.05, 4.69) is 27.8 Å². The zero-order valence-electron chi connectivity index (χ0n) is 18.0. The van der Waals surface area contributed by atoms with E-state index in [-0.39, 0.29) is 59.5 Å². The van der Waals surface area contributed by atoms with Crippen LogP contribution in [0.15, 0.2) is 41.4 Å². The first-order valence-corrected chi connectivity index (χ1v) is 10.8. The summed E-state index contributed by atoms with van der Waals surface area (Å²) in [5.41, 5.74) is 1.20. The van der Waals surface area contributed by atoms with E-state index in [1.807, 2.05) is 38.1 Å². The Hall–Kier alpha value is -2.10. The predicted octanol–water partition coefficient (Wildman–Crippen LogP) is 2.35. The Morgan fingerprint density at radius 3 is 2.35 bits per heavy atom. The molecule has 1 saturated heterocycles. The number of ether oxygens (including phenoxy) is 1. The number of carbonyl (C=O) groups is 2. The molecule has 2 aliphatic carbocycles. The Bertz CT molecular complexity index is 825. The van der Waals surface area contributed by atoms with Crippen molar-refractivity contribution in [3.05, 3.63) is 42.0 Å². The number of amides is 2. The van der Waals surface area contributed by atoms with Crippen LogP contribution in [0.4, 0.5) is 0 Å². The van der Waals surface area contributed by atoms with Crippen LogP contribution < -0.4 is 15.4 Å². The Morgan fingerprint density at radius 2 is 1.74 bits per heavy atom. The molecule has 1 aliphatic heterocycles. The van der Waals surface area contributed by atoms with Crippen molar-refractivity contribution in [1.29, 1.82) is 0 Å². The maximum absolute atomic E-state index is 12.7. The molecule has 4 unspecified atom stereocenters. The summed E-state index contributed by atoms with van der Waals surface area (Å²) in [4.78, 5) is 31.4. The molecule has 0 aromatic heterocycles. The number of likely N-dealkylation sites (tertiary alicyclic amines) is 1. The molecule has 4 rings (SSSR count). The van der Waals surface area contributed by atoms with Crippen LogP contribution in [0.2, 0.25) is 0 Å². The lowest BCUT2D eigenvalue weighted by atomic mass is 9.85. The molecule has 1 aromatic rings. The summed E-state index contributed by atoms with van der Waals surface area (Å²) in [6, 6.07) is 7.95. The third-order valence-electron chi connectivity index (χ3n) is 6.18. The number of nitrogens with one attached hydrogen (secondary N) is 2. The average molecular weight is 538 g/mol.